The Labute approximate surface area is 106 Å². The van der Waals surface area contributed by atoms with Crippen LogP contribution in [0.5, 0.6) is 0 Å². The number of benzene rings is 1. The first-order valence-electron chi connectivity index (χ1n) is 5.28. The van der Waals surface area contributed by atoms with Crippen molar-refractivity contribution in [3.8, 4) is 0 Å². The van der Waals surface area contributed by atoms with Gasteiger partial charge in [-0.25, -0.2) is 17.6 Å². The second kappa shape index (κ2) is 4.69. The van der Waals surface area contributed by atoms with E-state index in [2.05, 4.69) is 4.99 Å². The minimum Gasteiger partial charge on any atom is -0.699 e. The lowest BCUT2D eigenvalue weighted by Gasteiger charge is -2.33. The van der Waals surface area contributed by atoms with Gasteiger partial charge in [-0.1, -0.05) is 6.07 Å². The summed E-state index contributed by atoms with van der Waals surface area (Å²) >= 11 is 0. The van der Waals surface area contributed by atoms with Crippen LogP contribution >= 0.6 is 0 Å². The molecule has 0 unspecified atom stereocenters. The summed E-state index contributed by atoms with van der Waals surface area (Å²) in [5.74, 6) is -3.10. The number of nitrogens with two attached hydrogens (primary N) is 1. The third kappa shape index (κ3) is 2.23. The van der Waals surface area contributed by atoms with Gasteiger partial charge in [0.05, 0.1) is 6.61 Å². The number of nitrogens with one attached hydrogen (secondary N) is 1. The summed E-state index contributed by atoms with van der Waals surface area (Å²) < 4.78 is 58.4. The first-order chi connectivity index (χ1) is 8.86. The molecule has 0 saturated heterocycles. The molecule has 4 nitrogen and oxygen atoms in total. The lowest BCUT2D eigenvalue weighted by Crippen LogP contribution is -2.45. The largest absolute Gasteiger partial charge is 0.699 e. The molecule has 0 radical (unpaired) electrons. The SMILES string of the molecule is [NH-]c1cc(F)c(F)c([C@]2(C(F)F)COCC(N)=N2)c1. The van der Waals surface area contributed by atoms with E-state index in [0.717, 1.165) is 6.07 Å². The highest BCUT2D eigenvalue weighted by atomic mass is 19.3. The zero-order valence-corrected chi connectivity index (χ0v) is 9.59. The quantitative estimate of drug-likeness (QED) is 0.843. The van der Waals surface area contributed by atoms with E-state index in [1.54, 1.807) is 0 Å². The van der Waals surface area contributed by atoms with Gasteiger partial charge in [0.1, 0.15) is 12.4 Å². The third-order valence-corrected chi connectivity index (χ3v) is 2.77. The predicted molar refractivity (Wildman–Crippen MR) is 60.5 cm³/mol. The van der Waals surface area contributed by atoms with E-state index in [9.17, 15) is 17.6 Å². The minimum atomic E-state index is -3.15. The molecule has 19 heavy (non-hydrogen) atoms. The Morgan fingerprint density at radius 3 is 2.63 bits per heavy atom. The topological polar surface area (TPSA) is 71.4 Å². The molecule has 104 valence electrons. The predicted octanol–water partition coefficient (Wildman–Crippen LogP) is 2.50. The van der Waals surface area contributed by atoms with Crippen LogP contribution in [0.15, 0.2) is 17.1 Å². The van der Waals surface area contributed by atoms with Gasteiger partial charge in [0.25, 0.3) is 6.43 Å². The van der Waals surface area contributed by atoms with Crippen LogP contribution in [0.2, 0.25) is 0 Å². The van der Waals surface area contributed by atoms with Gasteiger partial charge < -0.3 is 16.2 Å². The number of halogens is 4. The van der Waals surface area contributed by atoms with Gasteiger partial charge in [0, 0.05) is 5.56 Å². The van der Waals surface area contributed by atoms with E-state index in [1.165, 1.54) is 0 Å². The summed E-state index contributed by atoms with van der Waals surface area (Å²) in [6.45, 7) is -0.787. The normalized spacial score (nSPS) is 23.5. The van der Waals surface area contributed by atoms with Crippen molar-refractivity contribution in [2.24, 2.45) is 10.7 Å². The summed E-state index contributed by atoms with van der Waals surface area (Å²) in [5, 5.41) is 0. The molecule has 0 aromatic heterocycles. The highest BCUT2D eigenvalue weighted by Gasteiger charge is 2.46. The van der Waals surface area contributed by atoms with Crippen molar-refractivity contribution in [3.05, 3.63) is 35.1 Å². The van der Waals surface area contributed by atoms with Crippen LogP contribution in [0, 0.1) is 11.6 Å². The molecule has 0 aliphatic carbocycles. The molecule has 1 heterocycles. The van der Waals surface area contributed by atoms with Gasteiger partial charge in [-0.05, 0) is 6.07 Å². The molecule has 1 aromatic carbocycles. The molecular weight excluding hydrogens is 266 g/mol. The van der Waals surface area contributed by atoms with E-state index < -0.39 is 41.5 Å². The van der Waals surface area contributed by atoms with Gasteiger partial charge in [-0.3, -0.25) is 4.99 Å². The summed E-state index contributed by atoms with van der Waals surface area (Å²) in [7, 11) is 0. The van der Waals surface area contributed by atoms with E-state index >= 15 is 0 Å². The van der Waals surface area contributed by atoms with E-state index in [0.29, 0.717) is 6.07 Å². The Morgan fingerprint density at radius 1 is 1.37 bits per heavy atom. The summed E-state index contributed by atoms with van der Waals surface area (Å²) in [4.78, 5) is 3.56. The molecule has 3 N–H and O–H groups in total. The Hall–Kier alpha value is -1.83. The Morgan fingerprint density at radius 2 is 2.05 bits per heavy atom. The zero-order chi connectivity index (χ0) is 14.2. The zero-order valence-electron chi connectivity index (χ0n) is 9.59. The van der Waals surface area contributed by atoms with Gasteiger partial charge in [-0.15, -0.1) is 5.69 Å². The molecule has 0 bridgehead atoms. The lowest BCUT2D eigenvalue weighted by molar-refractivity contribution is -0.0148. The summed E-state index contributed by atoms with van der Waals surface area (Å²) in [5.41, 5.74) is 9.06. The van der Waals surface area contributed by atoms with E-state index in [4.69, 9.17) is 16.2 Å². The first-order valence-corrected chi connectivity index (χ1v) is 5.28. The van der Waals surface area contributed by atoms with Crippen molar-refractivity contribution in [2.75, 3.05) is 13.2 Å². The number of hydrogen-bond acceptors (Lipinski definition) is 3. The van der Waals surface area contributed by atoms with Crippen LogP contribution in [-0.4, -0.2) is 25.5 Å². The molecule has 1 atom stereocenters. The van der Waals surface area contributed by atoms with Crippen LogP contribution in [0.4, 0.5) is 23.2 Å². The third-order valence-electron chi connectivity index (χ3n) is 2.77. The molecule has 0 spiro atoms. The molecule has 0 amide bonds. The fourth-order valence-electron chi connectivity index (χ4n) is 1.90. The highest BCUT2D eigenvalue weighted by molar-refractivity contribution is 5.82. The number of amidine groups is 1. The van der Waals surface area contributed by atoms with Crippen molar-refractivity contribution < 1.29 is 22.3 Å². The second-order valence-corrected chi connectivity index (χ2v) is 4.14. The maximum atomic E-state index is 13.7. The molecule has 0 saturated carbocycles. The fraction of sp³-hybridized carbons (Fsp3) is 0.364. The first kappa shape index (κ1) is 13.6. The molecular formula is C11H10F4N3O-. The van der Waals surface area contributed by atoms with Gasteiger partial charge in [0.2, 0.25) is 0 Å². The van der Waals surface area contributed by atoms with Gasteiger partial charge in [0.15, 0.2) is 17.2 Å². The summed E-state index contributed by atoms with van der Waals surface area (Å²) in [6, 6.07) is 1.39. The summed E-state index contributed by atoms with van der Waals surface area (Å²) in [6.07, 6.45) is -3.15. The van der Waals surface area contributed by atoms with E-state index in [1.807, 2.05) is 0 Å². The van der Waals surface area contributed by atoms with Crippen molar-refractivity contribution in [1.82, 2.24) is 0 Å². The highest BCUT2D eigenvalue weighted by Crippen LogP contribution is 2.38. The van der Waals surface area contributed by atoms with Gasteiger partial charge in [-0.2, -0.15) is 0 Å². The molecule has 1 aliphatic heterocycles. The second-order valence-electron chi connectivity index (χ2n) is 4.14. The standard InChI is InChI=1S/C11H10F4N3O/c12-7-2-5(16)1-6(9(7)13)11(10(14)15)4-19-3-8(17)18-11/h1-2,10,16H,3-4H2,(H2,17,18)/q-1/t11-/m0/s1. The Bertz CT molecular complexity index is 535. The van der Waals surface area contributed by atoms with Crippen molar-refractivity contribution in [3.63, 3.8) is 0 Å². The monoisotopic (exact) mass is 276 g/mol. The maximum absolute atomic E-state index is 13.7. The van der Waals surface area contributed by atoms with E-state index in [-0.39, 0.29) is 12.4 Å². The number of nitrogens with zero attached hydrogens (tertiary/aromatic N) is 1. The molecule has 8 heteroatoms. The lowest BCUT2D eigenvalue weighted by atomic mass is 9.89. The number of rotatable bonds is 2. The average Bonchev–Trinajstić information content (AvgIpc) is 2.33. The fourth-order valence-corrected chi connectivity index (χ4v) is 1.90. The number of hydrogen-bond donors (Lipinski definition) is 1. The van der Waals surface area contributed by atoms with Crippen molar-refractivity contribution >= 4 is 11.5 Å². The van der Waals surface area contributed by atoms with Crippen LogP contribution in [0.1, 0.15) is 5.56 Å². The Balaban J connectivity index is 2.67. The Kier molecular flexibility index (Phi) is 3.36. The van der Waals surface area contributed by atoms with Crippen LogP contribution < -0.4 is 5.73 Å². The minimum absolute atomic E-state index is 0.154. The number of alkyl halides is 2. The number of ether oxygens (including phenoxy) is 1. The van der Waals surface area contributed by atoms with Crippen molar-refractivity contribution in [2.45, 2.75) is 12.0 Å². The van der Waals surface area contributed by atoms with Crippen LogP contribution in [-0.2, 0) is 10.3 Å². The number of aliphatic imine (C=N–C) groups is 1. The molecule has 2 rings (SSSR count). The molecule has 1 aliphatic rings. The average molecular weight is 276 g/mol. The maximum Gasteiger partial charge on any atom is 0.269 e. The smallest absolute Gasteiger partial charge is 0.269 e. The van der Waals surface area contributed by atoms with Crippen LogP contribution in [0.25, 0.3) is 5.73 Å². The van der Waals surface area contributed by atoms with Crippen molar-refractivity contribution in [1.29, 1.82) is 0 Å². The molecule has 0 fully saturated rings. The van der Waals surface area contributed by atoms with Gasteiger partial charge >= 0.3 is 0 Å². The molecule has 1 aromatic rings. The van der Waals surface area contributed by atoms with Crippen LogP contribution in [0.3, 0.4) is 0 Å².